The Morgan fingerprint density at radius 3 is 2.47 bits per heavy atom. The Labute approximate surface area is 114 Å². The van der Waals surface area contributed by atoms with Gasteiger partial charge in [-0.05, 0) is 63.9 Å². The number of nitrogens with one attached hydrogen (secondary N) is 1. The Kier molecular flexibility index (Phi) is 4.70. The molecule has 0 saturated heterocycles. The lowest BCUT2D eigenvalue weighted by Crippen LogP contribution is -2.39. The maximum absolute atomic E-state index is 11.8. The second-order valence-corrected chi connectivity index (χ2v) is 4.94. The van der Waals surface area contributed by atoms with Crippen molar-refractivity contribution in [1.29, 1.82) is 5.41 Å². The Morgan fingerprint density at radius 1 is 1.37 bits per heavy atom. The van der Waals surface area contributed by atoms with E-state index in [4.69, 9.17) is 14.9 Å². The maximum Gasteiger partial charge on any atom is 0.349 e. The molecule has 19 heavy (non-hydrogen) atoms. The van der Waals surface area contributed by atoms with E-state index in [1.54, 1.807) is 33.8 Å². The summed E-state index contributed by atoms with van der Waals surface area (Å²) in [7, 11) is 0. The normalized spacial score (nSPS) is 11.0. The Morgan fingerprint density at radius 2 is 2.00 bits per heavy atom. The summed E-state index contributed by atoms with van der Waals surface area (Å²) in [6, 6.07) is 5.47. The quantitative estimate of drug-likeness (QED) is 0.656. The second-order valence-electron chi connectivity index (χ2n) is 4.94. The van der Waals surface area contributed by atoms with Gasteiger partial charge < -0.3 is 14.9 Å². The van der Waals surface area contributed by atoms with Crippen LogP contribution in [-0.2, 0) is 9.53 Å². The zero-order valence-corrected chi connectivity index (χ0v) is 12.2. The van der Waals surface area contributed by atoms with Crippen molar-refractivity contribution >= 4 is 11.7 Å². The van der Waals surface area contributed by atoms with Crippen LogP contribution < -0.4 is 4.74 Å². The molecule has 1 aromatic carbocycles. The number of ether oxygens (including phenoxy) is 2. The number of aryl methyl sites for hydroxylation is 1. The average Bonchev–Trinajstić information content (AvgIpc) is 2.31. The highest BCUT2D eigenvalue weighted by atomic mass is 16.6. The van der Waals surface area contributed by atoms with Gasteiger partial charge in [-0.25, -0.2) is 4.79 Å². The molecular formula is C15H21NO3. The number of benzene rings is 1. The molecule has 0 unspecified atom stereocenters. The lowest BCUT2D eigenvalue weighted by atomic mass is 10.1. The van der Waals surface area contributed by atoms with Crippen molar-refractivity contribution in [3.05, 3.63) is 29.3 Å². The Balaban J connectivity index is 2.93. The minimum Gasteiger partial charge on any atom is -0.476 e. The van der Waals surface area contributed by atoms with Crippen molar-refractivity contribution in [3.63, 3.8) is 0 Å². The molecule has 0 amide bonds. The van der Waals surface area contributed by atoms with Crippen molar-refractivity contribution in [2.75, 3.05) is 6.61 Å². The number of esters is 1. The molecule has 0 saturated carbocycles. The second kappa shape index (κ2) is 5.87. The predicted octanol–water partition coefficient (Wildman–Crippen LogP) is 3.10. The molecule has 1 N–H and O–H groups in total. The number of hydrogen-bond donors (Lipinski definition) is 1. The zero-order valence-electron chi connectivity index (χ0n) is 12.2. The molecule has 0 spiro atoms. The lowest BCUT2D eigenvalue weighted by Gasteiger charge is -2.25. The maximum atomic E-state index is 11.8. The van der Waals surface area contributed by atoms with Gasteiger partial charge in [0, 0.05) is 5.71 Å². The molecule has 0 heterocycles. The monoisotopic (exact) mass is 263 g/mol. The number of hydrogen-bond acceptors (Lipinski definition) is 4. The average molecular weight is 263 g/mol. The fourth-order valence-corrected chi connectivity index (χ4v) is 1.62. The van der Waals surface area contributed by atoms with E-state index in [2.05, 4.69) is 0 Å². The van der Waals surface area contributed by atoms with Gasteiger partial charge in [0.1, 0.15) is 5.75 Å². The minimum atomic E-state index is -1.03. The van der Waals surface area contributed by atoms with Crippen molar-refractivity contribution in [2.45, 2.75) is 40.2 Å². The number of carbonyl (C=O) groups excluding carboxylic acids is 1. The van der Waals surface area contributed by atoms with E-state index in [1.807, 2.05) is 19.1 Å². The Bertz CT molecular complexity index is 492. The van der Waals surface area contributed by atoms with Crippen molar-refractivity contribution in [1.82, 2.24) is 0 Å². The molecule has 4 nitrogen and oxygen atoms in total. The molecule has 1 rings (SSSR count). The van der Waals surface area contributed by atoms with Crippen LogP contribution >= 0.6 is 0 Å². The molecule has 0 fully saturated rings. The number of carbonyl (C=O) groups is 1. The van der Waals surface area contributed by atoms with Gasteiger partial charge in [-0.2, -0.15) is 0 Å². The van der Waals surface area contributed by atoms with Gasteiger partial charge in [0.25, 0.3) is 0 Å². The molecule has 0 aliphatic heterocycles. The third kappa shape index (κ3) is 3.81. The van der Waals surface area contributed by atoms with Crippen LogP contribution in [0.25, 0.3) is 0 Å². The minimum absolute atomic E-state index is 0.330. The summed E-state index contributed by atoms with van der Waals surface area (Å²) in [4.78, 5) is 11.8. The predicted molar refractivity (Wildman–Crippen MR) is 75.0 cm³/mol. The first-order chi connectivity index (χ1) is 8.77. The lowest BCUT2D eigenvalue weighted by molar-refractivity contribution is -0.158. The highest BCUT2D eigenvalue weighted by Crippen LogP contribution is 2.24. The van der Waals surface area contributed by atoms with Crippen LogP contribution in [0.4, 0.5) is 0 Å². The highest BCUT2D eigenvalue weighted by molar-refractivity contribution is 5.96. The van der Waals surface area contributed by atoms with Gasteiger partial charge in [0.2, 0.25) is 0 Å². The molecule has 1 aromatic rings. The summed E-state index contributed by atoms with van der Waals surface area (Å²) in [5.74, 6) is 0.241. The van der Waals surface area contributed by atoms with Crippen molar-refractivity contribution in [3.8, 4) is 5.75 Å². The first-order valence-corrected chi connectivity index (χ1v) is 6.30. The summed E-state index contributed by atoms with van der Waals surface area (Å²) < 4.78 is 10.7. The molecule has 0 bridgehead atoms. The molecule has 0 aliphatic carbocycles. The van der Waals surface area contributed by atoms with Crippen LogP contribution in [-0.4, -0.2) is 23.9 Å². The van der Waals surface area contributed by atoms with Gasteiger partial charge in [-0.3, -0.25) is 0 Å². The van der Waals surface area contributed by atoms with E-state index in [0.717, 1.165) is 11.1 Å². The van der Waals surface area contributed by atoms with Gasteiger partial charge in [0.05, 0.1) is 6.61 Å². The van der Waals surface area contributed by atoms with Crippen molar-refractivity contribution in [2.24, 2.45) is 0 Å². The smallest absolute Gasteiger partial charge is 0.349 e. The van der Waals surface area contributed by atoms with Crippen LogP contribution in [0.15, 0.2) is 18.2 Å². The third-order valence-corrected chi connectivity index (χ3v) is 2.74. The molecule has 0 aromatic heterocycles. The van der Waals surface area contributed by atoms with E-state index >= 15 is 0 Å². The van der Waals surface area contributed by atoms with Crippen molar-refractivity contribution < 1.29 is 14.3 Å². The third-order valence-electron chi connectivity index (χ3n) is 2.74. The van der Waals surface area contributed by atoms with E-state index in [9.17, 15) is 4.79 Å². The largest absolute Gasteiger partial charge is 0.476 e. The topological polar surface area (TPSA) is 59.4 Å². The van der Waals surface area contributed by atoms with Gasteiger partial charge in [0.15, 0.2) is 5.60 Å². The van der Waals surface area contributed by atoms with Gasteiger partial charge in [-0.1, -0.05) is 0 Å². The van der Waals surface area contributed by atoms with E-state index in [0.29, 0.717) is 18.1 Å². The first kappa shape index (κ1) is 15.2. The van der Waals surface area contributed by atoms with E-state index in [-0.39, 0.29) is 5.97 Å². The van der Waals surface area contributed by atoms with Crippen LogP contribution in [0.2, 0.25) is 0 Å². The van der Waals surface area contributed by atoms with Crippen LogP contribution in [0, 0.1) is 12.3 Å². The summed E-state index contributed by atoms with van der Waals surface area (Å²) >= 11 is 0. The fraction of sp³-hybridized carbons (Fsp3) is 0.467. The SMILES string of the molecule is CCOC(=O)C(C)(C)Oc1ccc(C(C)=N)cc1C. The molecule has 4 heteroatoms. The summed E-state index contributed by atoms with van der Waals surface area (Å²) in [6.07, 6.45) is 0. The molecule has 0 aliphatic rings. The van der Waals surface area contributed by atoms with E-state index in [1.165, 1.54) is 0 Å². The molecule has 0 radical (unpaired) electrons. The standard InChI is InChI=1S/C15H21NO3/c1-6-18-14(17)15(4,5)19-13-8-7-12(11(3)16)9-10(13)2/h7-9,16H,6H2,1-5H3. The number of rotatable bonds is 5. The molecule has 104 valence electrons. The van der Waals surface area contributed by atoms with Gasteiger partial charge in [-0.15, -0.1) is 0 Å². The van der Waals surface area contributed by atoms with Crippen LogP contribution in [0.3, 0.4) is 0 Å². The molecular weight excluding hydrogens is 242 g/mol. The Hall–Kier alpha value is -1.84. The van der Waals surface area contributed by atoms with Crippen LogP contribution in [0.1, 0.15) is 38.8 Å². The van der Waals surface area contributed by atoms with Gasteiger partial charge >= 0.3 is 5.97 Å². The fourth-order valence-electron chi connectivity index (χ4n) is 1.62. The van der Waals surface area contributed by atoms with Crippen LogP contribution in [0.5, 0.6) is 5.75 Å². The highest BCUT2D eigenvalue weighted by Gasteiger charge is 2.32. The molecule has 0 atom stereocenters. The zero-order chi connectivity index (χ0) is 14.6. The summed E-state index contributed by atoms with van der Waals surface area (Å²) in [6.45, 7) is 9.08. The first-order valence-electron chi connectivity index (χ1n) is 6.30. The summed E-state index contributed by atoms with van der Waals surface area (Å²) in [5.41, 5.74) is 1.21. The van der Waals surface area contributed by atoms with E-state index < -0.39 is 5.60 Å². The summed E-state index contributed by atoms with van der Waals surface area (Å²) in [5, 5.41) is 7.59.